The highest BCUT2D eigenvalue weighted by atomic mass is 13.6. The van der Waals surface area contributed by atoms with Crippen molar-refractivity contribution in [3.63, 3.8) is 0 Å². The smallest absolute Gasteiger partial charge is 0.000000347 e. The molecule has 0 atom stereocenters. The molecule has 0 aromatic rings. The van der Waals surface area contributed by atoms with E-state index in [1.165, 1.54) is 0 Å². The predicted molar refractivity (Wildman–Crippen MR) is 54.8 cm³/mol. The Bertz CT molecular complexity index is 452. The molecule has 0 aliphatic heterocycles. The van der Waals surface area contributed by atoms with Crippen molar-refractivity contribution >= 4 is 0 Å². The van der Waals surface area contributed by atoms with Crippen LogP contribution >= 0.6 is 0 Å². The van der Waals surface area contributed by atoms with Crippen molar-refractivity contribution in [2.24, 2.45) is 0 Å². The molecular formula is C13H6. The Kier molecular flexibility index (Phi) is 7.73. The summed E-state index contributed by atoms with van der Waals surface area (Å²) in [6, 6.07) is 0. The average Bonchev–Trinajstić information content (AvgIpc) is 2.16. The van der Waals surface area contributed by atoms with E-state index in [1.54, 1.807) is 6.08 Å². The summed E-state index contributed by atoms with van der Waals surface area (Å²) in [5, 5.41) is 0. The molecular weight excluding hydrogens is 156 g/mol. The average molecular weight is 162 g/mol. The van der Waals surface area contributed by atoms with Crippen LogP contribution in [-0.2, 0) is 0 Å². The summed E-state index contributed by atoms with van der Waals surface area (Å²) in [5.41, 5.74) is 0. The number of hydrogen-bond donors (Lipinski definition) is 0. The molecule has 58 valence electrons. The van der Waals surface area contributed by atoms with Gasteiger partial charge in [-0.05, 0) is 60.4 Å². The van der Waals surface area contributed by atoms with Crippen molar-refractivity contribution < 1.29 is 0 Å². The highest BCUT2D eigenvalue weighted by Gasteiger charge is 1.55. The van der Waals surface area contributed by atoms with Crippen molar-refractivity contribution in [1.29, 1.82) is 0 Å². The molecule has 0 radical (unpaired) electrons. The first kappa shape index (κ1) is 10.5. The third-order valence-corrected chi connectivity index (χ3v) is 0.769. The van der Waals surface area contributed by atoms with E-state index < -0.39 is 0 Å². The van der Waals surface area contributed by atoms with Gasteiger partial charge in [-0.3, -0.25) is 0 Å². The monoisotopic (exact) mass is 162 g/mol. The van der Waals surface area contributed by atoms with E-state index in [0.29, 0.717) is 0 Å². The maximum atomic E-state index is 4.87. The minimum Gasteiger partial charge on any atom is -0.106 e. The molecule has 0 aliphatic carbocycles. The fourth-order valence-corrected chi connectivity index (χ4v) is 0.353. The molecule has 0 unspecified atom stereocenters. The molecule has 0 rings (SSSR count). The van der Waals surface area contributed by atoms with Crippen LogP contribution in [0.5, 0.6) is 0 Å². The molecule has 0 aromatic carbocycles. The van der Waals surface area contributed by atoms with E-state index >= 15 is 0 Å². The molecule has 0 fully saturated rings. The van der Waals surface area contributed by atoms with Crippen LogP contribution in [0.15, 0.2) is 12.2 Å². The summed E-state index contributed by atoms with van der Waals surface area (Å²) in [4.78, 5) is 0. The third kappa shape index (κ3) is 9.54. The van der Waals surface area contributed by atoms with Crippen molar-refractivity contribution in [1.82, 2.24) is 0 Å². The maximum Gasteiger partial charge on any atom is -0.000000347 e. The second-order valence-corrected chi connectivity index (χ2v) is 1.66. The summed E-state index contributed by atoms with van der Waals surface area (Å²) < 4.78 is 0. The van der Waals surface area contributed by atoms with Gasteiger partial charge in [-0.15, -0.1) is 6.42 Å². The van der Waals surface area contributed by atoms with Crippen LogP contribution in [0.2, 0.25) is 0 Å². The summed E-state index contributed by atoms with van der Waals surface area (Å²) in [7, 11) is 0. The lowest BCUT2D eigenvalue weighted by atomic mass is 10.5. The molecule has 0 heteroatoms. The van der Waals surface area contributed by atoms with E-state index in [4.69, 9.17) is 6.42 Å². The molecule has 0 heterocycles. The Balaban J connectivity index is 4.09. The first-order chi connectivity index (χ1) is 6.41. The first-order valence-corrected chi connectivity index (χ1v) is 3.49. The lowest BCUT2D eigenvalue weighted by molar-refractivity contribution is 1.76. The zero-order chi connectivity index (χ0) is 9.78. The number of rotatable bonds is 0. The van der Waals surface area contributed by atoms with Gasteiger partial charge in [0.05, 0.1) is 0 Å². The van der Waals surface area contributed by atoms with Crippen molar-refractivity contribution in [2.75, 3.05) is 0 Å². The summed E-state index contributed by atoms with van der Waals surface area (Å²) in [5.74, 6) is 22.2. The van der Waals surface area contributed by atoms with Gasteiger partial charge >= 0.3 is 0 Å². The van der Waals surface area contributed by atoms with Crippen LogP contribution in [-0.4, -0.2) is 0 Å². The van der Waals surface area contributed by atoms with E-state index in [-0.39, 0.29) is 0 Å². The molecule has 0 N–H and O–H groups in total. The normalized spacial score (nSPS) is 5.54. The molecule has 0 aromatic heterocycles. The van der Waals surface area contributed by atoms with Crippen molar-refractivity contribution in [3.05, 3.63) is 12.2 Å². The first-order valence-electron chi connectivity index (χ1n) is 3.49. The molecule has 0 saturated heterocycles. The Hall–Kier alpha value is -2.46. The van der Waals surface area contributed by atoms with Gasteiger partial charge in [0.1, 0.15) is 0 Å². The fraction of sp³-hybridized carbons (Fsp3) is 0.0769. The van der Waals surface area contributed by atoms with E-state index in [0.717, 1.165) is 0 Å². The van der Waals surface area contributed by atoms with Crippen LogP contribution in [0.25, 0.3) is 0 Å². The number of allylic oxidation sites excluding steroid dienone is 2. The van der Waals surface area contributed by atoms with Gasteiger partial charge in [0.2, 0.25) is 0 Å². The Labute approximate surface area is 79.4 Å². The Morgan fingerprint density at radius 1 is 0.846 bits per heavy atom. The highest BCUT2D eigenvalue weighted by Crippen LogP contribution is 1.63. The molecule has 13 heavy (non-hydrogen) atoms. The second-order valence-electron chi connectivity index (χ2n) is 1.66. The highest BCUT2D eigenvalue weighted by molar-refractivity contribution is 5.42. The summed E-state index contributed by atoms with van der Waals surface area (Å²) >= 11 is 0. The van der Waals surface area contributed by atoms with Gasteiger partial charge in [-0.1, -0.05) is 12.0 Å². The van der Waals surface area contributed by atoms with Gasteiger partial charge in [0.25, 0.3) is 0 Å². The summed E-state index contributed by atoms with van der Waals surface area (Å²) in [6.45, 7) is 1.89. The van der Waals surface area contributed by atoms with Crippen LogP contribution in [0, 0.1) is 59.7 Å². The maximum absolute atomic E-state index is 4.87. The van der Waals surface area contributed by atoms with Gasteiger partial charge in [0.15, 0.2) is 0 Å². The quantitative estimate of drug-likeness (QED) is 0.470. The minimum absolute atomic E-state index is 1.71. The molecule has 0 bridgehead atoms. The van der Waals surface area contributed by atoms with Crippen LogP contribution in [0.1, 0.15) is 6.92 Å². The fourth-order valence-electron chi connectivity index (χ4n) is 0.353. The molecule has 0 nitrogen and oxygen atoms in total. The molecule has 0 saturated carbocycles. The van der Waals surface area contributed by atoms with Crippen LogP contribution < -0.4 is 0 Å². The van der Waals surface area contributed by atoms with E-state index in [1.807, 2.05) is 13.0 Å². The van der Waals surface area contributed by atoms with Crippen LogP contribution in [0.4, 0.5) is 0 Å². The standard InChI is InChI=1S/C13H6/c1-3-5-7-9-11-13-12-10-8-6-4-2/h1,4,6H,2H3. The number of hydrogen-bond acceptors (Lipinski definition) is 0. The largest absolute Gasteiger partial charge is 0.106 e. The second kappa shape index (κ2) is 9.54. The lowest BCUT2D eigenvalue weighted by Gasteiger charge is -1.58. The Morgan fingerprint density at radius 3 is 1.92 bits per heavy atom. The minimum atomic E-state index is 1.71. The van der Waals surface area contributed by atoms with Crippen LogP contribution in [0.3, 0.4) is 0 Å². The summed E-state index contributed by atoms with van der Waals surface area (Å²) in [6.07, 6.45) is 8.41. The van der Waals surface area contributed by atoms with E-state index in [9.17, 15) is 0 Å². The molecule has 0 spiro atoms. The third-order valence-electron chi connectivity index (χ3n) is 0.769. The zero-order valence-corrected chi connectivity index (χ0v) is 7.23. The van der Waals surface area contributed by atoms with Gasteiger partial charge in [0, 0.05) is 0 Å². The molecule has 0 aliphatic rings. The lowest BCUT2D eigenvalue weighted by Crippen LogP contribution is -1.53. The molecule has 0 amide bonds. The predicted octanol–water partition coefficient (Wildman–Crippen LogP) is 1.21. The zero-order valence-electron chi connectivity index (χ0n) is 7.23. The SMILES string of the molecule is C#CC#CC#CC#CC#CC=CC. The van der Waals surface area contributed by atoms with Gasteiger partial charge < -0.3 is 0 Å². The van der Waals surface area contributed by atoms with Crippen molar-refractivity contribution in [2.45, 2.75) is 6.92 Å². The van der Waals surface area contributed by atoms with E-state index in [2.05, 4.69) is 53.3 Å². The Morgan fingerprint density at radius 2 is 1.38 bits per heavy atom. The van der Waals surface area contributed by atoms with Gasteiger partial charge in [-0.2, -0.15) is 0 Å². The number of terminal acetylenes is 1. The van der Waals surface area contributed by atoms with Crippen molar-refractivity contribution in [3.8, 4) is 59.7 Å². The van der Waals surface area contributed by atoms with Gasteiger partial charge in [-0.25, -0.2) is 0 Å². The topological polar surface area (TPSA) is 0 Å².